The van der Waals surface area contributed by atoms with E-state index < -0.39 is 0 Å². The van der Waals surface area contributed by atoms with Crippen LogP contribution in [0.4, 0.5) is 0 Å². The predicted octanol–water partition coefficient (Wildman–Crippen LogP) is 0.677. The Morgan fingerprint density at radius 3 is 2.72 bits per heavy atom. The van der Waals surface area contributed by atoms with Crippen LogP contribution in [0.15, 0.2) is 12.4 Å². The zero-order chi connectivity index (χ0) is 17.8. The van der Waals surface area contributed by atoms with Crippen molar-refractivity contribution < 1.29 is 9.59 Å². The molecule has 0 bridgehead atoms. The van der Waals surface area contributed by atoms with E-state index in [0.717, 1.165) is 44.8 Å². The van der Waals surface area contributed by atoms with Gasteiger partial charge in [-0.3, -0.25) is 9.59 Å². The van der Waals surface area contributed by atoms with E-state index >= 15 is 0 Å². The number of likely N-dealkylation sites (N-methyl/N-ethyl adjacent to an activating group) is 1. The van der Waals surface area contributed by atoms with E-state index in [1.165, 1.54) is 0 Å². The molecule has 138 valence electrons. The Morgan fingerprint density at radius 2 is 2.08 bits per heavy atom. The number of carbonyl (C=O) groups is 2. The molecule has 2 fully saturated rings. The van der Waals surface area contributed by atoms with E-state index in [4.69, 9.17) is 0 Å². The van der Waals surface area contributed by atoms with Crippen molar-refractivity contribution in [1.29, 1.82) is 0 Å². The molecule has 2 aliphatic rings. The van der Waals surface area contributed by atoms with Gasteiger partial charge in [0.25, 0.3) is 0 Å². The van der Waals surface area contributed by atoms with Crippen LogP contribution in [0.3, 0.4) is 0 Å². The highest BCUT2D eigenvalue weighted by molar-refractivity contribution is 5.83. The van der Waals surface area contributed by atoms with Crippen LogP contribution in [-0.2, 0) is 16.1 Å². The van der Waals surface area contributed by atoms with Gasteiger partial charge in [0.1, 0.15) is 5.82 Å². The number of nitrogens with one attached hydrogen (secondary N) is 1. The van der Waals surface area contributed by atoms with Gasteiger partial charge in [-0.05, 0) is 33.4 Å². The molecule has 1 unspecified atom stereocenters. The molecule has 2 aliphatic heterocycles. The van der Waals surface area contributed by atoms with Crippen molar-refractivity contribution in [2.75, 3.05) is 40.3 Å². The summed E-state index contributed by atoms with van der Waals surface area (Å²) >= 11 is 0. The van der Waals surface area contributed by atoms with E-state index in [1.54, 1.807) is 0 Å². The summed E-state index contributed by atoms with van der Waals surface area (Å²) < 4.78 is 2.25. The molecule has 2 amide bonds. The van der Waals surface area contributed by atoms with Crippen molar-refractivity contribution in [3.8, 4) is 0 Å². The second kappa shape index (κ2) is 7.99. The molecule has 1 atom stereocenters. The molecule has 0 aromatic carbocycles. The van der Waals surface area contributed by atoms with Gasteiger partial charge in [0.2, 0.25) is 11.8 Å². The maximum atomic E-state index is 12.6. The Hall–Kier alpha value is -1.89. The summed E-state index contributed by atoms with van der Waals surface area (Å²) in [4.78, 5) is 32.6. The molecule has 25 heavy (non-hydrogen) atoms. The van der Waals surface area contributed by atoms with Gasteiger partial charge in [0.05, 0.1) is 5.92 Å². The van der Waals surface area contributed by atoms with E-state index in [9.17, 15) is 9.59 Å². The maximum absolute atomic E-state index is 12.6. The third-order valence-corrected chi connectivity index (χ3v) is 5.32. The van der Waals surface area contributed by atoms with Gasteiger partial charge in [0.15, 0.2) is 0 Å². The molecule has 1 N–H and O–H groups in total. The predicted molar refractivity (Wildman–Crippen MR) is 95.1 cm³/mol. The second-order valence-electron chi connectivity index (χ2n) is 7.42. The van der Waals surface area contributed by atoms with Crippen molar-refractivity contribution in [3.05, 3.63) is 18.2 Å². The quantitative estimate of drug-likeness (QED) is 0.850. The van der Waals surface area contributed by atoms with Gasteiger partial charge in [-0.1, -0.05) is 0 Å². The van der Waals surface area contributed by atoms with Gasteiger partial charge in [0, 0.05) is 57.5 Å². The lowest BCUT2D eigenvalue weighted by Gasteiger charge is -2.35. The minimum Gasteiger partial charge on any atom is -0.355 e. The first kappa shape index (κ1) is 17.9. The minimum atomic E-state index is -0.0451. The summed E-state index contributed by atoms with van der Waals surface area (Å²) in [5, 5.41) is 2.81. The maximum Gasteiger partial charge on any atom is 0.227 e. The Morgan fingerprint density at radius 1 is 1.32 bits per heavy atom. The summed E-state index contributed by atoms with van der Waals surface area (Å²) in [6.45, 7) is 4.01. The van der Waals surface area contributed by atoms with Crippen molar-refractivity contribution >= 4 is 11.8 Å². The lowest BCUT2D eigenvalue weighted by Crippen LogP contribution is -2.47. The average Bonchev–Trinajstić information content (AvgIpc) is 3.09. The van der Waals surface area contributed by atoms with Crippen LogP contribution in [0.5, 0.6) is 0 Å². The number of hydrogen-bond acceptors (Lipinski definition) is 4. The smallest absolute Gasteiger partial charge is 0.227 e. The van der Waals surface area contributed by atoms with E-state index in [1.807, 2.05) is 11.1 Å². The number of aromatic nitrogens is 2. The number of likely N-dealkylation sites (tertiary alicyclic amines) is 1. The molecule has 0 radical (unpaired) electrons. The lowest BCUT2D eigenvalue weighted by atomic mass is 9.92. The minimum absolute atomic E-state index is 0.0451. The second-order valence-corrected chi connectivity index (χ2v) is 7.42. The molecule has 0 spiro atoms. The summed E-state index contributed by atoms with van der Waals surface area (Å²) in [5.41, 5.74) is 0. The molecule has 0 saturated carbocycles. The molecular weight excluding hydrogens is 318 g/mol. The third-order valence-electron chi connectivity index (χ3n) is 5.32. The molecular formula is C18H29N5O2. The van der Waals surface area contributed by atoms with Crippen LogP contribution in [0.1, 0.15) is 37.4 Å². The topological polar surface area (TPSA) is 70.5 Å². The number of hydrogen-bond donors (Lipinski definition) is 1. The first-order valence-corrected chi connectivity index (χ1v) is 9.26. The fourth-order valence-electron chi connectivity index (χ4n) is 3.74. The van der Waals surface area contributed by atoms with E-state index in [2.05, 4.69) is 40.1 Å². The van der Waals surface area contributed by atoms with Gasteiger partial charge in [-0.15, -0.1) is 0 Å². The fraction of sp³-hybridized carbons (Fsp3) is 0.722. The normalized spacial score (nSPS) is 22.3. The lowest BCUT2D eigenvalue weighted by molar-refractivity contribution is -0.138. The molecule has 1 aromatic rings. The third kappa shape index (κ3) is 4.39. The van der Waals surface area contributed by atoms with Gasteiger partial charge >= 0.3 is 0 Å². The van der Waals surface area contributed by atoms with Crippen LogP contribution in [0.2, 0.25) is 0 Å². The highest BCUT2D eigenvalue weighted by Crippen LogP contribution is 2.28. The number of nitrogens with zero attached hydrogens (tertiary/aromatic N) is 4. The largest absolute Gasteiger partial charge is 0.355 e. The SMILES string of the molecule is CN(C)CCn1ccnc1C1CCN(C(=O)C2CCC(=O)NC2)CC1. The summed E-state index contributed by atoms with van der Waals surface area (Å²) in [7, 11) is 4.16. The summed E-state index contributed by atoms with van der Waals surface area (Å²) in [6.07, 6.45) is 7.01. The van der Waals surface area contributed by atoms with Crippen LogP contribution < -0.4 is 5.32 Å². The number of carbonyl (C=O) groups excluding carboxylic acids is 2. The molecule has 1 aromatic heterocycles. The Labute approximate surface area is 149 Å². The zero-order valence-electron chi connectivity index (χ0n) is 15.3. The van der Waals surface area contributed by atoms with Crippen LogP contribution in [0.25, 0.3) is 0 Å². The van der Waals surface area contributed by atoms with E-state index in [-0.39, 0.29) is 17.7 Å². The van der Waals surface area contributed by atoms with Crippen molar-refractivity contribution in [3.63, 3.8) is 0 Å². The van der Waals surface area contributed by atoms with Crippen LogP contribution >= 0.6 is 0 Å². The number of piperidine rings is 2. The number of rotatable bonds is 5. The average molecular weight is 347 g/mol. The van der Waals surface area contributed by atoms with Crippen LogP contribution in [-0.4, -0.2) is 71.4 Å². The molecule has 3 rings (SSSR count). The summed E-state index contributed by atoms with van der Waals surface area (Å²) in [6, 6.07) is 0. The first-order chi connectivity index (χ1) is 12.0. The monoisotopic (exact) mass is 347 g/mol. The Bertz CT molecular complexity index is 594. The summed E-state index contributed by atoms with van der Waals surface area (Å²) in [5.74, 6) is 1.80. The molecule has 7 heteroatoms. The standard InChI is InChI=1S/C18H29N5O2/c1-21(2)11-12-22-10-7-19-17(22)14-5-8-23(9-6-14)18(25)15-3-4-16(24)20-13-15/h7,10,14-15H,3-6,8-9,11-13H2,1-2H3,(H,20,24). The molecule has 3 heterocycles. The van der Waals surface area contributed by atoms with Crippen molar-refractivity contribution in [2.24, 2.45) is 5.92 Å². The van der Waals surface area contributed by atoms with Gasteiger partial charge in [-0.2, -0.15) is 0 Å². The number of amides is 2. The van der Waals surface area contributed by atoms with Gasteiger partial charge in [-0.25, -0.2) is 4.98 Å². The van der Waals surface area contributed by atoms with Crippen molar-refractivity contribution in [2.45, 2.75) is 38.1 Å². The molecule has 0 aliphatic carbocycles. The highest BCUT2D eigenvalue weighted by Gasteiger charge is 2.32. The molecule has 7 nitrogen and oxygen atoms in total. The number of imidazole rings is 1. The zero-order valence-corrected chi connectivity index (χ0v) is 15.3. The molecule has 2 saturated heterocycles. The first-order valence-electron chi connectivity index (χ1n) is 9.26. The van der Waals surface area contributed by atoms with E-state index in [0.29, 0.717) is 25.3 Å². The fourth-order valence-corrected chi connectivity index (χ4v) is 3.74. The Kier molecular flexibility index (Phi) is 5.73. The Balaban J connectivity index is 1.53. The van der Waals surface area contributed by atoms with Crippen molar-refractivity contribution in [1.82, 2.24) is 24.7 Å². The van der Waals surface area contributed by atoms with Gasteiger partial charge < -0.3 is 19.7 Å². The highest BCUT2D eigenvalue weighted by atomic mass is 16.2. The van der Waals surface area contributed by atoms with Crippen LogP contribution in [0, 0.1) is 5.92 Å².